The van der Waals surface area contributed by atoms with Crippen molar-refractivity contribution in [2.24, 2.45) is 0 Å². The molecule has 2 rings (SSSR count). The van der Waals surface area contributed by atoms with E-state index < -0.39 is 5.97 Å². The molecule has 0 atom stereocenters. The summed E-state index contributed by atoms with van der Waals surface area (Å²) in [7, 11) is 0. The number of aromatic carboxylic acids is 1. The van der Waals surface area contributed by atoms with E-state index >= 15 is 0 Å². The minimum absolute atomic E-state index is 0.283. The normalized spacial score (nSPS) is 10.4. The van der Waals surface area contributed by atoms with E-state index in [-0.39, 0.29) is 5.56 Å². The summed E-state index contributed by atoms with van der Waals surface area (Å²) in [5.41, 5.74) is 0.915. The Morgan fingerprint density at radius 3 is 3.00 bits per heavy atom. The number of hydrogen-bond acceptors (Lipinski definition) is 3. The predicted molar refractivity (Wildman–Crippen MR) is 76.4 cm³/mol. The molecule has 1 heterocycles. The number of carboxylic acid groups (broad SMARTS) is 1. The van der Waals surface area contributed by atoms with Crippen LogP contribution in [-0.2, 0) is 6.54 Å². The van der Waals surface area contributed by atoms with Crippen LogP contribution in [0.5, 0.6) is 0 Å². The number of halogens is 1. The molecule has 0 aliphatic heterocycles. The Morgan fingerprint density at radius 2 is 2.32 bits per heavy atom. The molecule has 19 heavy (non-hydrogen) atoms. The van der Waals surface area contributed by atoms with Crippen LogP contribution in [0.3, 0.4) is 0 Å². The Bertz CT molecular complexity index is 555. The number of aromatic nitrogens is 2. The lowest BCUT2D eigenvalue weighted by Crippen LogP contribution is -2.09. The highest BCUT2D eigenvalue weighted by molar-refractivity contribution is 9.10. The van der Waals surface area contributed by atoms with E-state index in [0.29, 0.717) is 12.2 Å². The second-order valence-corrected chi connectivity index (χ2v) is 4.99. The van der Waals surface area contributed by atoms with Gasteiger partial charge in [-0.1, -0.05) is 15.9 Å². The number of carboxylic acids is 1. The summed E-state index contributed by atoms with van der Waals surface area (Å²) in [5.74, 6) is -0.926. The molecule has 0 radical (unpaired) electrons. The second-order valence-electron chi connectivity index (χ2n) is 4.08. The molecule has 0 spiro atoms. The van der Waals surface area contributed by atoms with Crippen molar-refractivity contribution in [3.8, 4) is 0 Å². The summed E-state index contributed by atoms with van der Waals surface area (Å²) in [6, 6.07) is 5.09. The van der Waals surface area contributed by atoms with E-state index in [1.54, 1.807) is 30.7 Å². The van der Waals surface area contributed by atoms with Gasteiger partial charge < -0.3 is 15.0 Å². The molecule has 1 aromatic carbocycles. The summed E-state index contributed by atoms with van der Waals surface area (Å²) in [6.07, 6.45) is 6.30. The van der Waals surface area contributed by atoms with Crippen molar-refractivity contribution >= 4 is 27.6 Å². The van der Waals surface area contributed by atoms with Crippen LogP contribution >= 0.6 is 15.9 Å². The summed E-state index contributed by atoms with van der Waals surface area (Å²) in [6.45, 7) is 1.55. The van der Waals surface area contributed by atoms with Gasteiger partial charge in [-0.25, -0.2) is 9.78 Å². The lowest BCUT2D eigenvalue weighted by atomic mass is 10.2. The van der Waals surface area contributed by atoms with Gasteiger partial charge in [0.2, 0.25) is 0 Å². The first kappa shape index (κ1) is 13.6. The van der Waals surface area contributed by atoms with Gasteiger partial charge in [-0.2, -0.15) is 0 Å². The Balaban J connectivity index is 1.91. The average molecular weight is 324 g/mol. The summed E-state index contributed by atoms with van der Waals surface area (Å²) < 4.78 is 2.84. The van der Waals surface area contributed by atoms with Crippen LogP contribution in [0.2, 0.25) is 0 Å². The first-order valence-electron chi connectivity index (χ1n) is 5.89. The van der Waals surface area contributed by atoms with Gasteiger partial charge in [-0.3, -0.25) is 0 Å². The monoisotopic (exact) mass is 323 g/mol. The van der Waals surface area contributed by atoms with E-state index in [1.165, 1.54) is 0 Å². The van der Waals surface area contributed by atoms with Crippen molar-refractivity contribution in [1.82, 2.24) is 9.55 Å². The van der Waals surface area contributed by atoms with E-state index in [1.807, 2.05) is 10.8 Å². The maximum absolute atomic E-state index is 11.1. The first-order chi connectivity index (χ1) is 9.16. The zero-order valence-corrected chi connectivity index (χ0v) is 11.8. The molecule has 0 aliphatic carbocycles. The van der Waals surface area contributed by atoms with Gasteiger partial charge in [0.05, 0.1) is 11.9 Å². The fourth-order valence-corrected chi connectivity index (χ4v) is 2.11. The largest absolute Gasteiger partial charge is 0.478 e. The number of nitrogens with one attached hydrogen (secondary N) is 1. The maximum Gasteiger partial charge on any atom is 0.337 e. The summed E-state index contributed by atoms with van der Waals surface area (Å²) in [5, 5.41) is 12.2. The summed E-state index contributed by atoms with van der Waals surface area (Å²) in [4.78, 5) is 15.1. The molecule has 0 unspecified atom stereocenters. The van der Waals surface area contributed by atoms with Gasteiger partial charge in [-0.05, 0) is 24.6 Å². The second kappa shape index (κ2) is 6.38. The first-order valence-corrected chi connectivity index (χ1v) is 6.68. The molecule has 0 saturated heterocycles. The van der Waals surface area contributed by atoms with Crippen molar-refractivity contribution in [3.63, 3.8) is 0 Å². The molecule has 2 N–H and O–H groups in total. The van der Waals surface area contributed by atoms with E-state index in [2.05, 4.69) is 26.2 Å². The average Bonchev–Trinajstić information content (AvgIpc) is 2.87. The molecular weight excluding hydrogens is 310 g/mol. The lowest BCUT2D eigenvalue weighted by Gasteiger charge is -2.10. The SMILES string of the molecule is O=C(O)c1ccc(Br)cc1NCCCn1ccnc1. The summed E-state index contributed by atoms with van der Waals surface area (Å²) >= 11 is 3.34. The molecule has 0 fully saturated rings. The third-order valence-electron chi connectivity index (χ3n) is 2.68. The fourth-order valence-electron chi connectivity index (χ4n) is 1.75. The minimum atomic E-state index is -0.926. The fraction of sp³-hybridized carbons (Fsp3) is 0.231. The number of imidazole rings is 1. The van der Waals surface area contributed by atoms with E-state index in [0.717, 1.165) is 17.4 Å². The number of aryl methyl sites for hydroxylation is 1. The number of rotatable bonds is 6. The Labute approximate surface area is 119 Å². The van der Waals surface area contributed by atoms with Crippen LogP contribution in [0.4, 0.5) is 5.69 Å². The lowest BCUT2D eigenvalue weighted by molar-refractivity contribution is 0.0698. The molecular formula is C13H14BrN3O2. The molecule has 100 valence electrons. The third-order valence-corrected chi connectivity index (χ3v) is 3.17. The van der Waals surface area contributed by atoms with Crippen molar-refractivity contribution in [3.05, 3.63) is 47.0 Å². The molecule has 6 heteroatoms. The van der Waals surface area contributed by atoms with Crippen LogP contribution in [0.15, 0.2) is 41.4 Å². The zero-order valence-electron chi connectivity index (χ0n) is 10.2. The molecule has 0 saturated carbocycles. The van der Waals surface area contributed by atoms with Crippen LogP contribution < -0.4 is 5.32 Å². The standard InChI is InChI=1S/C13H14BrN3O2/c14-10-2-3-11(13(18)19)12(8-10)16-4-1-6-17-7-5-15-9-17/h2-3,5,7-9,16H,1,4,6H2,(H,18,19). The van der Waals surface area contributed by atoms with Gasteiger partial charge >= 0.3 is 5.97 Å². The Kier molecular flexibility index (Phi) is 4.57. The minimum Gasteiger partial charge on any atom is -0.478 e. The third kappa shape index (κ3) is 3.82. The van der Waals surface area contributed by atoms with E-state index in [4.69, 9.17) is 5.11 Å². The maximum atomic E-state index is 11.1. The van der Waals surface area contributed by atoms with Crippen LogP contribution in [-0.4, -0.2) is 27.2 Å². The highest BCUT2D eigenvalue weighted by Crippen LogP contribution is 2.21. The quantitative estimate of drug-likeness (QED) is 0.802. The van der Waals surface area contributed by atoms with Crippen LogP contribution in [0.1, 0.15) is 16.8 Å². The number of nitrogens with zero attached hydrogens (tertiary/aromatic N) is 2. The number of carbonyl (C=O) groups is 1. The van der Waals surface area contributed by atoms with Gasteiger partial charge in [0, 0.05) is 35.6 Å². The number of anilines is 1. The number of benzene rings is 1. The van der Waals surface area contributed by atoms with Gasteiger partial charge in [-0.15, -0.1) is 0 Å². The van der Waals surface area contributed by atoms with Crippen molar-refractivity contribution < 1.29 is 9.90 Å². The van der Waals surface area contributed by atoms with Crippen molar-refractivity contribution in [2.45, 2.75) is 13.0 Å². The van der Waals surface area contributed by atoms with Gasteiger partial charge in [0.15, 0.2) is 0 Å². The highest BCUT2D eigenvalue weighted by Gasteiger charge is 2.09. The van der Waals surface area contributed by atoms with Crippen molar-refractivity contribution in [2.75, 3.05) is 11.9 Å². The van der Waals surface area contributed by atoms with Crippen LogP contribution in [0.25, 0.3) is 0 Å². The molecule has 2 aromatic rings. The van der Waals surface area contributed by atoms with Gasteiger partial charge in [0.25, 0.3) is 0 Å². The zero-order chi connectivity index (χ0) is 13.7. The number of hydrogen-bond donors (Lipinski definition) is 2. The molecule has 5 nitrogen and oxygen atoms in total. The van der Waals surface area contributed by atoms with Crippen molar-refractivity contribution in [1.29, 1.82) is 0 Å². The van der Waals surface area contributed by atoms with Gasteiger partial charge in [0.1, 0.15) is 0 Å². The Hall–Kier alpha value is -1.82. The predicted octanol–water partition coefficient (Wildman–Crippen LogP) is 2.85. The molecule has 0 bridgehead atoms. The highest BCUT2D eigenvalue weighted by atomic mass is 79.9. The molecule has 1 aromatic heterocycles. The Morgan fingerprint density at radius 1 is 1.47 bits per heavy atom. The molecule has 0 aliphatic rings. The van der Waals surface area contributed by atoms with E-state index in [9.17, 15) is 4.79 Å². The molecule has 0 amide bonds. The topological polar surface area (TPSA) is 67.2 Å². The smallest absolute Gasteiger partial charge is 0.337 e. The van der Waals surface area contributed by atoms with Crippen LogP contribution in [0, 0.1) is 0 Å².